The molecule has 0 aliphatic heterocycles. The van der Waals surface area contributed by atoms with Crippen molar-refractivity contribution in [2.24, 2.45) is 0 Å². The molecular weight excluding hydrogens is 755 g/mol. The Labute approximate surface area is 341 Å². The lowest BCUT2D eigenvalue weighted by Gasteiger charge is -2.41. The monoisotopic (exact) mass is 830 g/mol. The molecule has 0 bridgehead atoms. The molecule has 13 nitrogen and oxygen atoms in total. The highest BCUT2D eigenvalue weighted by Gasteiger charge is 2.51. The van der Waals surface area contributed by atoms with Crippen LogP contribution in [0.4, 0.5) is 0 Å². The zero-order valence-corrected chi connectivity index (χ0v) is 35.5. The first kappa shape index (κ1) is 52.8. The number of allylic oxidation sites excluding steroid dienone is 8. The van der Waals surface area contributed by atoms with Crippen LogP contribution in [0.5, 0.6) is 0 Å². The Balaban J connectivity index is 2.52. The van der Waals surface area contributed by atoms with Crippen molar-refractivity contribution in [1.82, 2.24) is 0 Å². The Morgan fingerprint density at radius 3 is 1.56 bits per heavy atom. The minimum atomic E-state index is -5.12. The highest BCUT2D eigenvalue weighted by molar-refractivity contribution is 7.47. The molecule has 0 aromatic heterocycles. The van der Waals surface area contributed by atoms with Crippen molar-refractivity contribution >= 4 is 19.8 Å². The first-order chi connectivity index (χ1) is 27.4. The number of carbonyl (C=O) groups excluding carboxylic acids is 2. The lowest BCUT2D eigenvalue weighted by molar-refractivity contribution is -0.220. The molecule has 330 valence electrons. The highest BCUT2D eigenvalue weighted by atomic mass is 31.2. The van der Waals surface area contributed by atoms with Crippen LogP contribution in [0, 0.1) is 0 Å². The van der Waals surface area contributed by atoms with E-state index in [0.29, 0.717) is 12.8 Å². The molecule has 6 unspecified atom stereocenters. The van der Waals surface area contributed by atoms with E-state index in [1.54, 1.807) is 0 Å². The van der Waals surface area contributed by atoms with Crippen LogP contribution in [-0.4, -0.2) is 98.3 Å². The third-order valence-corrected chi connectivity index (χ3v) is 10.6. The fraction of sp³-hybridized carbons (Fsp3) is 0.767. The molecule has 6 N–H and O–H groups in total. The number of rotatable bonds is 34. The molecule has 0 amide bonds. The predicted molar refractivity (Wildman–Crippen MR) is 221 cm³/mol. The quantitative estimate of drug-likeness (QED) is 0.0160. The minimum absolute atomic E-state index is 0.0585. The second-order valence-corrected chi connectivity index (χ2v) is 16.2. The van der Waals surface area contributed by atoms with Crippen molar-refractivity contribution in [2.45, 2.75) is 198 Å². The van der Waals surface area contributed by atoms with Gasteiger partial charge in [-0.1, -0.05) is 120 Å². The fourth-order valence-electron chi connectivity index (χ4n) is 6.18. The number of esters is 2. The molecule has 0 radical (unpaired) electrons. The van der Waals surface area contributed by atoms with Crippen molar-refractivity contribution in [3.05, 3.63) is 48.6 Å². The van der Waals surface area contributed by atoms with Gasteiger partial charge in [0, 0.05) is 12.8 Å². The first-order valence-corrected chi connectivity index (χ1v) is 22.9. The summed E-state index contributed by atoms with van der Waals surface area (Å²) in [6.45, 7) is 3.12. The Morgan fingerprint density at radius 2 is 1.00 bits per heavy atom. The summed E-state index contributed by atoms with van der Waals surface area (Å²) in [5.74, 6) is -1.15. The van der Waals surface area contributed by atoms with Gasteiger partial charge in [-0.3, -0.25) is 18.6 Å². The number of aliphatic hydroxyl groups excluding tert-OH is 5. The summed E-state index contributed by atoms with van der Waals surface area (Å²) in [4.78, 5) is 35.6. The standard InChI is InChI=1S/C43H75O13P/c1-3-5-7-9-11-13-15-17-18-20-21-23-25-27-29-31-36(44)53-33-35(34-54-57(51,52)56-43-41(49)39(47)38(46)40(48)42(43)50)55-37(45)32-30-28-26-24-22-19-16-14-12-10-8-6-4-2/h6,8,12,14,17-19,22,35,38-43,46-50H,3-5,7,9-11,13,15-16,20-21,23-34H2,1-2H3,(H,51,52)/b8-6-,14-12-,18-17-,22-19-. The van der Waals surface area contributed by atoms with Gasteiger partial charge in [-0.05, 0) is 70.6 Å². The zero-order chi connectivity index (χ0) is 42.2. The lowest BCUT2D eigenvalue weighted by atomic mass is 9.85. The van der Waals surface area contributed by atoms with Gasteiger partial charge in [0.25, 0.3) is 0 Å². The molecule has 1 aliphatic carbocycles. The molecule has 1 aliphatic rings. The van der Waals surface area contributed by atoms with Crippen LogP contribution in [0.15, 0.2) is 48.6 Å². The maximum absolute atomic E-state index is 12.8. The predicted octanol–water partition coefficient (Wildman–Crippen LogP) is 7.61. The van der Waals surface area contributed by atoms with Crippen LogP contribution < -0.4 is 0 Å². The molecule has 1 saturated carbocycles. The summed E-state index contributed by atoms with van der Waals surface area (Å²) in [6.07, 6.45) is 24.6. The van der Waals surface area contributed by atoms with E-state index < -0.39 is 75.7 Å². The van der Waals surface area contributed by atoms with Gasteiger partial charge in [0.2, 0.25) is 0 Å². The lowest BCUT2D eigenvalue weighted by Crippen LogP contribution is -2.64. The number of ether oxygens (including phenoxy) is 2. The van der Waals surface area contributed by atoms with Crippen molar-refractivity contribution in [1.29, 1.82) is 0 Å². The molecule has 14 heteroatoms. The third kappa shape index (κ3) is 26.5. The fourth-order valence-corrected chi connectivity index (χ4v) is 7.15. The van der Waals surface area contributed by atoms with E-state index in [1.165, 1.54) is 38.5 Å². The van der Waals surface area contributed by atoms with Crippen molar-refractivity contribution in [2.75, 3.05) is 13.2 Å². The summed E-state index contributed by atoms with van der Waals surface area (Å²) >= 11 is 0. The van der Waals surface area contributed by atoms with Crippen LogP contribution in [-0.2, 0) is 32.7 Å². The largest absolute Gasteiger partial charge is 0.472 e. The van der Waals surface area contributed by atoms with Crippen molar-refractivity contribution < 1.29 is 63.1 Å². The van der Waals surface area contributed by atoms with E-state index in [1.807, 2.05) is 0 Å². The number of aliphatic hydroxyl groups is 5. The van der Waals surface area contributed by atoms with Crippen LogP contribution >= 0.6 is 7.82 Å². The second-order valence-electron chi connectivity index (χ2n) is 14.8. The van der Waals surface area contributed by atoms with Gasteiger partial charge < -0.3 is 39.9 Å². The molecular formula is C43H75O13P. The maximum Gasteiger partial charge on any atom is 0.472 e. The van der Waals surface area contributed by atoms with E-state index in [0.717, 1.165) is 77.0 Å². The smallest absolute Gasteiger partial charge is 0.462 e. The second kappa shape index (κ2) is 33.6. The normalized spacial score (nSPS) is 23.2. The average molecular weight is 831 g/mol. The van der Waals surface area contributed by atoms with Crippen molar-refractivity contribution in [3.8, 4) is 0 Å². The van der Waals surface area contributed by atoms with Gasteiger partial charge >= 0.3 is 19.8 Å². The van der Waals surface area contributed by atoms with E-state index in [2.05, 4.69) is 62.5 Å². The Bertz CT molecular complexity index is 1190. The summed E-state index contributed by atoms with van der Waals surface area (Å²) in [5, 5.41) is 50.0. The summed E-state index contributed by atoms with van der Waals surface area (Å²) in [5.41, 5.74) is 0. The Kier molecular flexibility index (Phi) is 31.2. The Morgan fingerprint density at radius 1 is 0.561 bits per heavy atom. The van der Waals surface area contributed by atoms with Gasteiger partial charge in [0.05, 0.1) is 6.61 Å². The molecule has 1 fully saturated rings. The number of phosphoric ester groups is 1. The van der Waals surface area contributed by atoms with Gasteiger partial charge in [0.15, 0.2) is 6.10 Å². The average Bonchev–Trinajstić information content (AvgIpc) is 3.19. The highest BCUT2D eigenvalue weighted by Crippen LogP contribution is 2.47. The van der Waals surface area contributed by atoms with Gasteiger partial charge in [0.1, 0.15) is 43.2 Å². The molecule has 0 spiro atoms. The van der Waals surface area contributed by atoms with E-state index in [9.17, 15) is 44.6 Å². The number of carbonyl (C=O) groups is 2. The summed E-state index contributed by atoms with van der Waals surface area (Å²) in [6, 6.07) is 0. The van der Waals surface area contributed by atoms with Crippen LogP contribution in [0.2, 0.25) is 0 Å². The van der Waals surface area contributed by atoms with E-state index in [-0.39, 0.29) is 12.8 Å². The van der Waals surface area contributed by atoms with Crippen LogP contribution in [0.1, 0.15) is 155 Å². The molecule has 0 aromatic rings. The van der Waals surface area contributed by atoms with Gasteiger partial charge in [-0.15, -0.1) is 0 Å². The number of unbranched alkanes of at least 4 members (excludes halogenated alkanes) is 14. The van der Waals surface area contributed by atoms with E-state index in [4.69, 9.17) is 18.5 Å². The molecule has 0 aromatic carbocycles. The topological polar surface area (TPSA) is 210 Å². The Hall–Kier alpha value is -2.19. The number of hydrogen-bond donors (Lipinski definition) is 6. The summed E-state index contributed by atoms with van der Waals surface area (Å²) in [7, 11) is -5.12. The molecule has 0 heterocycles. The maximum atomic E-state index is 12.8. The van der Waals surface area contributed by atoms with Crippen LogP contribution in [0.3, 0.4) is 0 Å². The SMILES string of the molecule is CC/C=C\C/C=C\C/C=C\CCCCCC(=O)OC(COC(=O)CCCCCCC/C=C\CCCCCCCC)COP(=O)(O)OC1C(O)C(O)C(O)C(O)C1O. The van der Waals surface area contributed by atoms with Crippen LogP contribution in [0.25, 0.3) is 0 Å². The first-order valence-electron chi connectivity index (χ1n) is 21.4. The molecule has 0 saturated heterocycles. The summed E-state index contributed by atoms with van der Waals surface area (Å²) < 4.78 is 33.4. The number of phosphoric acid groups is 1. The third-order valence-electron chi connectivity index (χ3n) is 9.65. The van der Waals surface area contributed by atoms with Crippen molar-refractivity contribution in [3.63, 3.8) is 0 Å². The number of hydrogen-bond acceptors (Lipinski definition) is 12. The van der Waals surface area contributed by atoms with Gasteiger partial charge in [-0.25, -0.2) is 4.57 Å². The minimum Gasteiger partial charge on any atom is -0.462 e. The zero-order valence-electron chi connectivity index (χ0n) is 34.6. The van der Waals surface area contributed by atoms with E-state index >= 15 is 0 Å². The molecule has 6 atom stereocenters. The molecule has 1 rings (SSSR count). The van der Waals surface area contributed by atoms with Gasteiger partial charge in [-0.2, -0.15) is 0 Å². The molecule has 57 heavy (non-hydrogen) atoms.